The molecule has 0 bridgehead atoms. The maximum Gasteiger partial charge on any atom is 1.00 e. The standard InChI is InChI=1S/C6H6F2O5S.Na/c1-4(2)5(9)13-3-6(7,8)14(10,11)12;/h1-3H2;/q;+1. The van der Waals surface area contributed by atoms with Crippen LogP contribution in [0.1, 0.15) is 0 Å². The molecule has 0 amide bonds. The smallest absolute Gasteiger partial charge is 0.743 e. The van der Waals surface area contributed by atoms with Crippen LogP contribution in [-0.4, -0.2) is 30.8 Å². The van der Waals surface area contributed by atoms with Crippen LogP contribution in [0.2, 0.25) is 0 Å². The molecule has 0 aromatic heterocycles. The van der Waals surface area contributed by atoms with Crippen LogP contribution in [0.25, 0.3) is 0 Å². The predicted molar refractivity (Wildman–Crippen MR) is 40.1 cm³/mol. The summed E-state index contributed by atoms with van der Waals surface area (Å²) < 4.78 is 58.1. The number of carbonyl (C=O) groups excluding carboxylic acids is 1. The largest absolute Gasteiger partial charge is 1.00 e. The first-order valence-electron chi connectivity index (χ1n) is 3.09. The fraction of sp³-hybridized carbons (Fsp3) is 0.333. The SMILES string of the molecule is C=C([CH2+])C(=O)OCC(F)(F)S(=O)(=O)[O-].[Na+]. The van der Waals surface area contributed by atoms with E-state index in [-0.39, 0.29) is 29.6 Å². The van der Waals surface area contributed by atoms with Crippen LogP contribution in [0.4, 0.5) is 8.78 Å². The zero-order valence-electron chi connectivity index (χ0n) is 7.83. The van der Waals surface area contributed by atoms with Gasteiger partial charge in [0, 0.05) is 13.5 Å². The molecule has 0 aromatic rings. The molecule has 0 atom stereocenters. The summed E-state index contributed by atoms with van der Waals surface area (Å²) in [7, 11) is -5.83. The number of ether oxygens (including phenoxy) is 1. The molecule has 0 N–H and O–H groups in total. The van der Waals surface area contributed by atoms with E-state index >= 15 is 0 Å². The number of halogens is 2. The van der Waals surface area contributed by atoms with Crippen molar-refractivity contribution in [3.63, 3.8) is 0 Å². The Morgan fingerprint density at radius 2 is 1.93 bits per heavy atom. The Labute approximate surface area is 108 Å². The maximum atomic E-state index is 12.3. The van der Waals surface area contributed by atoms with Crippen molar-refractivity contribution in [3.8, 4) is 0 Å². The van der Waals surface area contributed by atoms with Crippen LogP contribution in [0.3, 0.4) is 0 Å². The molecule has 0 rings (SSSR count). The molecule has 0 aliphatic rings. The van der Waals surface area contributed by atoms with E-state index in [1.54, 1.807) is 0 Å². The molecule has 0 spiro atoms. The van der Waals surface area contributed by atoms with Gasteiger partial charge in [-0.05, 0) is 0 Å². The Balaban J connectivity index is 0. The van der Waals surface area contributed by atoms with Gasteiger partial charge in [-0.25, -0.2) is 8.42 Å². The van der Waals surface area contributed by atoms with Gasteiger partial charge in [-0.3, -0.25) is 0 Å². The minimum Gasteiger partial charge on any atom is -0.743 e. The van der Waals surface area contributed by atoms with Crippen molar-refractivity contribution < 1.29 is 60.8 Å². The van der Waals surface area contributed by atoms with Gasteiger partial charge >= 0.3 is 40.8 Å². The molecule has 15 heavy (non-hydrogen) atoms. The molecule has 0 aliphatic heterocycles. The van der Waals surface area contributed by atoms with Gasteiger partial charge in [-0.15, -0.1) is 0 Å². The summed E-state index contributed by atoms with van der Waals surface area (Å²) in [6.45, 7) is 4.08. The maximum absolute atomic E-state index is 12.3. The molecule has 0 heterocycles. The van der Waals surface area contributed by atoms with Crippen molar-refractivity contribution in [3.05, 3.63) is 19.1 Å². The average Bonchev–Trinajstić information content (AvgIpc) is 1.97. The summed E-state index contributed by atoms with van der Waals surface area (Å²) in [6, 6.07) is 0. The summed E-state index contributed by atoms with van der Waals surface area (Å²) in [4.78, 5) is 10.5. The molecule has 0 saturated heterocycles. The van der Waals surface area contributed by atoms with Gasteiger partial charge in [0.2, 0.25) is 5.57 Å². The third-order valence-corrected chi connectivity index (χ3v) is 1.88. The molecule has 0 radical (unpaired) electrons. The second kappa shape index (κ2) is 5.80. The minimum atomic E-state index is -5.83. The van der Waals surface area contributed by atoms with Crippen molar-refractivity contribution >= 4 is 16.1 Å². The molecular formula is C6H6F2NaO5S+. The van der Waals surface area contributed by atoms with Crippen molar-refractivity contribution in [2.75, 3.05) is 6.61 Å². The normalized spacial score (nSPS) is 11.4. The first-order valence-corrected chi connectivity index (χ1v) is 4.50. The molecule has 80 valence electrons. The third kappa shape index (κ3) is 5.47. The molecule has 0 fully saturated rings. The van der Waals surface area contributed by atoms with Crippen molar-refractivity contribution in [1.82, 2.24) is 0 Å². The second-order valence-corrected chi connectivity index (χ2v) is 3.78. The first kappa shape index (κ1) is 17.3. The van der Waals surface area contributed by atoms with Gasteiger partial charge in [0.1, 0.15) is 0 Å². The van der Waals surface area contributed by atoms with Gasteiger partial charge < -0.3 is 9.29 Å². The van der Waals surface area contributed by atoms with E-state index in [1.807, 2.05) is 0 Å². The van der Waals surface area contributed by atoms with E-state index in [1.165, 1.54) is 0 Å². The minimum absolute atomic E-state index is 0. The van der Waals surface area contributed by atoms with Crippen LogP contribution in [0, 0.1) is 6.92 Å². The van der Waals surface area contributed by atoms with Crippen LogP contribution >= 0.6 is 0 Å². The molecule has 0 saturated carbocycles. The van der Waals surface area contributed by atoms with Gasteiger partial charge in [0.25, 0.3) is 0 Å². The fourth-order valence-electron chi connectivity index (χ4n) is 0.324. The number of alkyl halides is 2. The predicted octanol–water partition coefficient (Wildman–Crippen LogP) is -2.94. The summed E-state index contributed by atoms with van der Waals surface area (Å²) in [5, 5.41) is -4.64. The summed E-state index contributed by atoms with van der Waals surface area (Å²) in [6.07, 6.45) is 0. The summed E-state index contributed by atoms with van der Waals surface area (Å²) in [5.41, 5.74) is -0.427. The zero-order valence-corrected chi connectivity index (χ0v) is 10.6. The number of carbonyl (C=O) groups is 1. The Hall–Kier alpha value is -0.150. The van der Waals surface area contributed by atoms with Gasteiger partial charge in [0.15, 0.2) is 16.7 Å². The molecule has 9 heteroatoms. The number of hydrogen-bond acceptors (Lipinski definition) is 5. The van der Waals surface area contributed by atoms with E-state index in [2.05, 4.69) is 18.2 Å². The van der Waals surface area contributed by atoms with Gasteiger partial charge in [0.05, 0.1) is 0 Å². The van der Waals surface area contributed by atoms with E-state index in [4.69, 9.17) is 0 Å². The quantitative estimate of drug-likeness (QED) is 0.175. The Morgan fingerprint density at radius 3 is 2.20 bits per heavy atom. The monoisotopic (exact) mass is 251 g/mol. The number of esters is 1. The van der Waals surface area contributed by atoms with Gasteiger partial charge in [-0.2, -0.15) is 13.6 Å². The van der Waals surface area contributed by atoms with Crippen LogP contribution < -0.4 is 29.6 Å². The molecule has 0 unspecified atom stereocenters. The van der Waals surface area contributed by atoms with Crippen molar-refractivity contribution in [1.29, 1.82) is 0 Å². The van der Waals surface area contributed by atoms with Crippen LogP contribution in [0.5, 0.6) is 0 Å². The van der Waals surface area contributed by atoms with E-state index in [0.717, 1.165) is 0 Å². The fourth-order valence-corrected chi connectivity index (χ4v) is 0.527. The van der Waals surface area contributed by atoms with Gasteiger partial charge in [-0.1, -0.05) is 0 Å². The second-order valence-electron chi connectivity index (χ2n) is 2.27. The summed E-state index contributed by atoms with van der Waals surface area (Å²) in [5.74, 6) is -1.30. The van der Waals surface area contributed by atoms with Crippen molar-refractivity contribution in [2.45, 2.75) is 5.25 Å². The topological polar surface area (TPSA) is 83.5 Å². The van der Waals surface area contributed by atoms with E-state index in [0.29, 0.717) is 0 Å². The Bertz CT molecular complexity index is 351. The van der Waals surface area contributed by atoms with Crippen LogP contribution in [0.15, 0.2) is 12.2 Å². The summed E-state index contributed by atoms with van der Waals surface area (Å²) >= 11 is 0. The zero-order chi connectivity index (χ0) is 11.6. The van der Waals surface area contributed by atoms with E-state index < -0.39 is 33.5 Å². The number of hydrogen-bond donors (Lipinski definition) is 0. The molecular weight excluding hydrogens is 245 g/mol. The first-order chi connectivity index (χ1) is 6.08. The molecule has 5 nitrogen and oxygen atoms in total. The third-order valence-electron chi connectivity index (χ3n) is 1.03. The Kier molecular flexibility index (Phi) is 6.68. The number of rotatable bonds is 4. The van der Waals surface area contributed by atoms with E-state index in [9.17, 15) is 26.5 Å². The molecule has 0 aliphatic carbocycles. The Morgan fingerprint density at radius 1 is 1.53 bits per heavy atom. The van der Waals surface area contributed by atoms with Crippen molar-refractivity contribution in [2.24, 2.45) is 0 Å². The molecule has 0 aromatic carbocycles. The average molecular weight is 251 g/mol. The van der Waals surface area contributed by atoms with Crippen LogP contribution in [-0.2, 0) is 19.6 Å².